The fourth-order valence-corrected chi connectivity index (χ4v) is 1.81. The minimum atomic E-state index is -2.55. The lowest BCUT2D eigenvalue weighted by molar-refractivity contribution is 0.0791. The summed E-state index contributed by atoms with van der Waals surface area (Å²) < 4.78 is 29.4. The summed E-state index contributed by atoms with van der Waals surface area (Å²) in [5, 5.41) is 2.96. The number of aliphatic imine (C=N–C) groups is 1. The number of halogens is 2. The molecule has 2 aromatic rings. The summed E-state index contributed by atoms with van der Waals surface area (Å²) in [5.74, 6) is 0.359. The van der Waals surface area contributed by atoms with Crippen LogP contribution < -0.4 is 15.8 Å². The molecule has 0 aliphatic rings. The van der Waals surface area contributed by atoms with Crippen molar-refractivity contribution in [2.75, 3.05) is 11.9 Å². The molecule has 2 rings (SSSR count). The molecule has 0 bridgehead atoms. The van der Waals surface area contributed by atoms with Crippen LogP contribution in [0.4, 0.5) is 14.5 Å². The monoisotopic (exact) mass is 320 g/mol. The van der Waals surface area contributed by atoms with E-state index in [4.69, 9.17) is 10.5 Å². The molecule has 0 aliphatic carbocycles. The number of hydrogen-bond donors (Lipinski definition) is 2. The van der Waals surface area contributed by atoms with Gasteiger partial charge >= 0.3 is 0 Å². The van der Waals surface area contributed by atoms with Gasteiger partial charge < -0.3 is 15.8 Å². The Labute approximate surface area is 133 Å². The standard InChI is InChI=1S/C16H18F2N4O/c1-11-4-6-13(7-5-11)22-16(19)21-9-12-3-2-8-20-15(12)23-10-14(17)18/h2-8,14H,9-10H2,1H3,(H3,19,21,22). The summed E-state index contributed by atoms with van der Waals surface area (Å²) in [6, 6.07) is 11.1. The number of benzene rings is 1. The minimum absolute atomic E-state index is 0.139. The summed E-state index contributed by atoms with van der Waals surface area (Å²) in [6.07, 6.45) is -1.08. The van der Waals surface area contributed by atoms with Crippen LogP contribution in [-0.4, -0.2) is 24.0 Å². The molecule has 1 heterocycles. The number of aryl methyl sites for hydroxylation is 1. The fraction of sp³-hybridized carbons (Fsp3) is 0.250. The molecule has 0 unspecified atom stereocenters. The van der Waals surface area contributed by atoms with Crippen molar-refractivity contribution in [1.29, 1.82) is 0 Å². The van der Waals surface area contributed by atoms with Crippen molar-refractivity contribution in [2.45, 2.75) is 19.9 Å². The number of guanidine groups is 1. The van der Waals surface area contributed by atoms with Crippen LogP contribution in [0.3, 0.4) is 0 Å². The quantitative estimate of drug-likeness (QED) is 0.634. The minimum Gasteiger partial charge on any atom is -0.471 e. The van der Waals surface area contributed by atoms with Crippen LogP contribution in [0.1, 0.15) is 11.1 Å². The number of nitrogens with two attached hydrogens (primary N) is 1. The van der Waals surface area contributed by atoms with Gasteiger partial charge in [-0.2, -0.15) is 0 Å². The van der Waals surface area contributed by atoms with Gasteiger partial charge in [0, 0.05) is 17.4 Å². The second-order valence-corrected chi connectivity index (χ2v) is 4.86. The maximum atomic E-state index is 12.2. The number of ether oxygens (including phenoxy) is 1. The van der Waals surface area contributed by atoms with Gasteiger partial charge in [-0.3, -0.25) is 0 Å². The van der Waals surface area contributed by atoms with Gasteiger partial charge in [0.2, 0.25) is 5.88 Å². The molecule has 0 radical (unpaired) electrons. The van der Waals surface area contributed by atoms with Crippen LogP contribution in [0.15, 0.2) is 47.6 Å². The van der Waals surface area contributed by atoms with E-state index in [2.05, 4.69) is 15.3 Å². The van der Waals surface area contributed by atoms with E-state index in [0.29, 0.717) is 5.56 Å². The van der Waals surface area contributed by atoms with Crippen molar-refractivity contribution in [3.05, 3.63) is 53.7 Å². The third-order valence-corrected chi connectivity index (χ3v) is 2.94. The lowest BCUT2D eigenvalue weighted by Crippen LogP contribution is -2.22. The van der Waals surface area contributed by atoms with Crippen LogP contribution in [0, 0.1) is 6.92 Å². The zero-order valence-corrected chi connectivity index (χ0v) is 12.7. The molecule has 0 atom stereocenters. The lowest BCUT2D eigenvalue weighted by atomic mass is 10.2. The van der Waals surface area contributed by atoms with E-state index in [-0.39, 0.29) is 18.4 Å². The van der Waals surface area contributed by atoms with Gasteiger partial charge in [0.15, 0.2) is 12.6 Å². The van der Waals surface area contributed by atoms with Crippen LogP contribution in [-0.2, 0) is 6.54 Å². The van der Waals surface area contributed by atoms with Crippen molar-refractivity contribution in [3.8, 4) is 5.88 Å². The number of anilines is 1. The highest BCUT2D eigenvalue weighted by molar-refractivity contribution is 5.92. The number of hydrogen-bond acceptors (Lipinski definition) is 3. The summed E-state index contributed by atoms with van der Waals surface area (Å²) in [5.41, 5.74) is 8.36. The molecule has 5 nitrogen and oxygen atoms in total. The van der Waals surface area contributed by atoms with Gasteiger partial charge in [-0.1, -0.05) is 23.8 Å². The van der Waals surface area contributed by atoms with Crippen LogP contribution in [0.25, 0.3) is 0 Å². The predicted molar refractivity (Wildman–Crippen MR) is 85.9 cm³/mol. The van der Waals surface area contributed by atoms with Gasteiger partial charge in [0.25, 0.3) is 6.43 Å². The molecule has 1 aromatic heterocycles. The van der Waals surface area contributed by atoms with Gasteiger partial charge in [-0.05, 0) is 25.1 Å². The first kappa shape index (κ1) is 16.7. The molecular weight excluding hydrogens is 302 g/mol. The normalized spacial score (nSPS) is 11.6. The summed E-state index contributed by atoms with van der Waals surface area (Å²) in [6.45, 7) is 1.46. The molecule has 0 amide bonds. The predicted octanol–water partition coefficient (Wildman–Crippen LogP) is 2.96. The first-order valence-electron chi connectivity index (χ1n) is 7.03. The molecule has 0 saturated carbocycles. The molecule has 1 aromatic carbocycles. The second kappa shape index (κ2) is 8.07. The van der Waals surface area contributed by atoms with Crippen LogP contribution >= 0.6 is 0 Å². The van der Waals surface area contributed by atoms with E-state index in [1.807, 2.05) is 31.2 Å². The maximum absolute atomic E-state index is 12.2. The van der Waals surface area contributed by atoms with E-state index < -0.39 is 13.0 Å². The van der Waals surface area contributed by atoms with Gasteiger partial charge in [-0.25, -0.2) is 18.8 Å². The smallest absolute Gasteiger partial charge is 0.272 e. The largest absolute Gasteiger partial charge is 0.471 e. The van der Waals surface area contributed by atoms with Crippen molar-refractivity contribution < 1.29 is 13.5 Å². The summed E-state index contributed by atoms with van der Waals surface area (Å²) in [4.78, 5) is 8.11. The Morgan fingerprint density at radius 3 is 2.74 bits per heavy atom. The van der Waals surface area contributed by atoms with E-state index >= 15 is 0 Å². The Hall–Kier alpha value is -2.70. The van der Waals surface area contributed by atoms with E-state index in [1.54, 1.807) is 12.1 Å². The highest BCUT2D eigenvalue weighted by Gasteiger charge is 2.08. The van der Waals surface area contributed by atoms with Crippen LogP contribution in [0.2, 0.25) is 0 Å². The number of pyridine rings is 1. The number of alkyl halides is 2. The van der Waals surface area contributed by atoms with Crippen molar-refractivity contribution in [3.63, 3.8) is 0 Å². The molecule has 0 spiro atoms. The SMILES string of the molecule is Cc1ccc(NC(N)=NCc2cccnc2OCC(F)F)cc1. The van der Waals surface area contributed by atoms with E-state index in [0.717, 1.165) is 11.3 Å². The fourth-order valence-electron chi connectivity index (χ4n) is 1.81. The Bertz CT molecular complexity index is 659. The number of nitrogens with zero attached hydrogens (tertiary/aromatic N) is 2. The maximum Gasteiger partial charge on any atom is 0.272 e. The molecule has 0 aliphatic heterocycles. The van der Waals surface area contributed by atoms with Crippen LogP contribution in [0.5, 0.6) is 5.88 Å². The zero-order valence-electron chi connectivity index (χ0n) is 12.7. The Morgan fingerprint density at radius 2 is 2.04 bits per heavy atom. The molecule has 23 heavy (non-hydrogen) atoms. The van der Waals surface area contributed by atoms with Gasteiger partial charge in [0.1, 0.15) is 0 Å². The third kappa shape index (κ3) is 5.54. The molecule has 7 heteroatoms. The third-order valence-electron chi connectivity index (χ3n) is 2.94. The Balaban J connectivity index is 1.99. The highest BCUT2D eigenvalue weighted by Crippen LogP contribution is 2.16. The van der Waals surface area contributed by atoms with Crippen molar-refractivity contribution in [2.24, 2.45) is 10.7 Å². The zero-order chi connectivity index (χ0) is 16.7. The van der Waals surface area contributed by atoms with E-state index in [9.17, 15) is 8.78 Å². The molecular formula is C16H18F2N4O. The van der Waals surface area contributed by atoms with Crippen molar-refractivity contribution >= 4 is 11.6 Å². The highest BCUT2D eigenvalue weighted by atomic mass is 19.3. The average molecular weight is 320 g/mol. The Morgan fingerprint density at radius 1 is 1.30 bits per heavy atom. The number of rotatable bonds is 6. The second-order valence-electron chi connectivity index (χ2n) is 4.86. The topological polar surface area (TPSA) is 72.5 Å². The first-order valence-corrected chi connectivity index (χ1v) is 7.03. The molecule has 0 fully saturated rings. The average Bonchev–Trinajstić information content (AvgIpc) is 2.54. The van der Waals surface area contributed by atoms with Gasteiger partial charge in [0.05, 0.1) is 6.54 Å². The number of aromatic nitrogens is 1. The van der Waals surface area contributed by atoms with Gasteiger partial charge in [-0.15, -0.1) is 0 Å². The Kier molecular flexibility index (Phi) is 5.85. The van der Waals surface area contributed by atoms with E-state index in [1.165, 1.54) is 6.20 Å². The molecule has 0 saturated heterocycles. The van der Waals surface area contributed by atoms with Crippen molar-refractivity contribution in [1.82, 2.24) is 4.98 Å². The molecule has 3 N–H and O–H groups in total. The molecule has 122 valence electrons. The number of nitrogens with one attached hydrogen (secondary N) is 1. The first-order chi connectivity index (χ1) is 11.0. The summed E-state index contributed by atoms with van der Waals surface area (Å²) >= 11 is 0. The summed E-state index contributed by atoms with van der Waals surface area (Å²) in [7, 11) is 0. The lowest BCUT2D eigenvalue weighted by Gasteiger charge is -2.09.